The molecule has 0 radical (unpaired) electrons. The van der Waals surface area contributed by atoms with Gasteiger partial charge in [-0.1, -0.05) is 12.1 Å². The number of rotatable bonds is 4. The molecule has 3 saturated heterocycles. The number of hydrogen-bond donors (Lipinski definition) is 0. The zero-order chi connectivity index (χ0) is 19.9. The van der Waals surface area contributed by atoms with E-state index in [4.69, 9.17) is 0 Å². The molecule has 0 aromatic heterocycles. The Kier molecular flexibility index (Phi) is 5.49. The first kappa shape index (κ1) is 19.8. The Morgan fingerprint density at radius 2 is 1.82 bits per heavy atom. The summed E-state index contributed by atoms with van der Waals surface area (Å²) in [4.78, 5) is 18.7. The minimum Gasteiger partial charge on any atom is -0.342 e. The summed E-state index contributed by atoms with van der Waals surface area (Å²) in [7, 11) is 2.18. The normalized spacial score (nSPS) is 29.1. The van der Waals surface area contributed by atoms with Gasteiger partial charge in [0.2, 0.25) is 5.91 Å². The molecule has 0 saturated carbocycles. The quantitative estimate of drug-likeness (QED) is 0.795. The summed E-state index contributed by atoms with van der Waals surface area (Å²) >= 11 is 0. The van der Waals surface area contributed by atoms with Crippen molar-refractivity contribution in [2.24, 2.45) is 11.8 Å². The summed E-state index contributed by atoms with van der Waals surface area (Å²) < 4.78 is 14.0. The number of carbonyl (C=O) groups excluding carboxylic acids is 1. The Balaban J connectivity index is 1.47. The van der Waals surface area contributed by atoms with E-state index in [0.717, 1.165) is 58.5 Å². The summed E-state index contributed by atoms with van der Waals surface area (Å²) in [5.74, 6) is 1.33. The van der Waals surface area contributed by atoms with Crippen molar-refractivity contribution < 1.29 is 9.18 Å². The Morgan fingerprint density at radius 1 is 1.18 bits per heavy atom. The van der Waals surface area contributed by atoms with Crippen LogP contribution < -0.4 is 0 Å². The average Bonchev–Trinajstić information content (AvgIpc) is 3.23. The molecule has 4 nitrogen and oxygen atoms in total. The molecule has 28 heavy (non-hydrogen) atoms. The monoisotopic (exact) mass is 387 g/mol. The van der Waals surface area contributed by atoms with Crippen LogP contribution in [0.15, 0.2) is 24.3 Å². The van der Waals surface area contributed by atoms with Gasteiger partial charge in [0.25, 0.3) is 0 Å². The van der Waals surface area contributed by atoms with Crippen LogP contribution in [0.1, 0.15) is 38.7 Å². The highest BCUT2D eigenvalue weighted by Crippen LogP contribution is 2.42. The standard InChI is InChI=1S/C23H34FN3O/c1-17(26-13-19-15-27(18(2)28)16-20(19)14-26)12-23(7-9-25(3)10-8-23)21-5-4-6-22(24)11-21/h4-6,11,17,19-20H,7-10,12-16H2,1-3H3. The van der Waals surface area contributed by atoms with Crippen molar-refractivity contribution in [2.75, 3.05) is 46.3 Å². The van der Waals surface area contributed by atoms with E-state index in [1.165, 1.54) is 5.56 Å². The van der Waals surface area contributed by atoms with Gasteiger partial charge in [-0.05, 0) is 81.3 Å². The molecule has 5 heteroatoms. The Bertz CT molecular complexity index is 702. The van der Waals surface area contributed by atoms with Crippen LogP contribution in [0.4, 0.5) is 4.39 Å². The van der Waals surface area contributed by atoms with Crippen molar-refractivity contribution in [3.8, 4) is 0 Å². The molecule has 0 aliphatic carbocycles. The van der Waals surface area contributed by atoms with Crippen LogP contribution in [0, 0.1) is 17.7 Å². The predicted octanol–water partition coefficient (Wildman–Crippen LogP) is 2.98. The molecule has 0 spiro atoms. The van der Waals surface area contributed by atoms with Crippen LogP contribution in [0.25, 0.3) is 0 Å². The minimum absolute atomic E-state index is 0.0666. The van der Waals surface area contributed by atoms with Crippen molar-refractivity contribution in [3.05, 3.63) is 35.6 Å². The number of nitrogens with zero attached hydrogens (tertiary/aromatic N) is 3. The molecule has 0 N–H and O–H groups in total. The SMILES string of the molecule is CC(=O)N1CC2CN(C(C)CC3(c4cccc(F)c4)CCN(C)CC3)CC2C1. The van der Waals surface area contributed by atoms with Crippen LogP contribution >= 0.6 is 0 Å². The first-order chi connectivity index (χ1) is 13.4. The highest BCUT2D eigenvalue weighted by molar-refractivity contribution is 5.73. The van der Waals surface area contributed by atoms with E-state index in [-0.39, 0.29) is 17.1 Å². The van der Waals surface area contributed by atoms with Gasteiger partial charge < -0.3 is 9.80 Å². The highest BCUT2D eigenvalue weighted by Gasteiger charge is 2.44. The maximum absolute atomic E-state index is 14.0. The second kappa shape index (κ2) is 7.75. The van der Waals surface area contributed by atoms with Crippen LogP contribution in [0.2, 0.25) is 0 Å². The fourth-order valence-corrected chi connectivity index (χ4v) is 5.82. The van der Waals surface area contributed by atoms with Crippen molar-refractivity contribution in [1.82, 2.24) is 14.7 Å². The third kappa shape index (κ3) is 3.84. The van der Waals surface area contributed by atoms with Crippen molar-refractivity contribution in [3.63, 3.8) is 0 Å². The zero-order valence-corrected chi connectivity index (χ0v) is 17.5. The molecule has 0 bridgehead atoms. The van der Waals surface area contributed by atoms with Crippen molar-refractivity contribution in [2.45, 2.75) is 44.6 Å². The second-order valence-electron chi connectivity index (χ2n) is 9.55. The van der Waals surface area contributed by atoms with Gasteiger partial charge >= 0.3 is 0 Å². The van der Waals surface area contributed by atoms with E-state index in [0.29, 0.717) is 17.9 Å². The molecule has 1 aromatic rings. The predicted molar refractivity (Wildman–Crippen MR) is 110 cm³/mol. The molecule has 1 aromatic carbocycles. The van der Waals surface area contributed by atoms with Gasteiger partial charge in [0.1, 0.15) is 5.82 Å². The molecule has 3 fully saturated rings. The third-order valence-electron chi connectivity index (χ3n) is 7.65. The fourth-order valence-electron chi connectivity index (χ4n) is 5.82. The van der Waals surface area contributed by atoms with Crippen LogP contribution in [-0.2, 0) is 10.2 Å². The highest BCUT2D eigenvalue weighted by atomic mass is 19.1. The van der Waals surface area contributed by atoms with E-state index >= 15 is 0 Å². The van der Waals surface area contributed by atoms with Crippen molar-refractivity contribution in [1.29, 1.82) is 0 Å². The van der Waals surface area contributed by atoms with E-state index in [1.807, 2.05) is 11.0 Å². The van der Waals surface area contributed by atoms with Crippen LogP contribution in [0.3, 0.4) is 0 Å². The third-order valence-corrected chi connectivity index (χ3v) is 7.65. The molecule has 3 atom stereocenters. The van der Waals surface area contributed by atoms with E-state index in [2.05, 4.69) is 29.8 Å². The maximum atomic E-state index is 14.0. The maximum Gasteiger partial charge on any atom is 0.219 e. The Morgan fingerprint density at radius 3 is 2.39 bits per heavy atom. The van der Waals surface area contributed by atoms with Crippen molar-refractivity contribution >= 4 is 5.91 Å². The summed E-state index contributed by atoms with van der Waals surface area (Å²) in [6.07, 6.45) is 3.27. The molecular formula is C23H34FN3O. The Labute approximate surface area is 168 Å². The number of amides is 1. The smallest absolute Gasteiger partial charge is 0.219 e. The minimum atomic E-state index is -0.122. The van der Waals surface area contributed by atoms with Gasteiger partial charge in [0, 0.05) is 39.1 Å². The number of halogens is 1. The van der Waals surface area contributed by atoms with E-state index < -0.39 is 0 Å². The lowest BCUT2D eigenvalue weighted by molar-refractivity contribution is -0.128. The van der Waals surface area contributed by atoms with Gasteiger partial charge in [-0.3, -0.25) is 9.69 Å². The first-order valence-corrected chi connectivity index (χ1v) is 10.8. The second-order valence-corrected chi connectivity index (χ2v) is 9.55. The van der Waals surface area contributed by atoms with Gasteiger partial charge in [-0.25, -0.2) is 4.39 Å². The van der Waals surface area contributed by atoms with Gasteiger partial charge in [-0.2, -0.15) is 0 Å². The zero-order valence-electron chi connectivity index (χ0n) is 17.5. The molecule has 154 valence electrons. The van der Waals surface area contributed by atoms with Crippen LogP contribution in [0.5, 0.6) is 0 Å². The number of piperidine rings is 1. The summed E-state index contributed by atoms with van der Waals surface area (Å²) in [5.41, 5.74) is 1.24. The number of carbonyl (C=O) groups is 1. The molecule has 3 heterocycles. The topological polar surface area (TPSA) is 26.8 Å². The lowest BCUT2D eigenvalue weighted by Crippen LogP contribution is -2.46. The lowest BCUT2D eigenvalue weighted by Gasteiger charge is -2.44. The summed E-state index contributed by atoms with van der Waals surface area (Å²) in [5, 5.41) is 0. The molecule has 1 amide bonds. The van der Waals surface area contributed by atoms with Gasteiger partial charge in [0.05, 0.1) is 0 Å². The summed E-state index contributed by atoms with van der Waals surface area (Å²) in [6.45, 7) is 10.2. The molecule has 3 aliphatic heterocycles. The molecule has 3 unspecified atom stereocenters. The van der Waals surface area contributed by atoms with Crippen LogP contribution in [-0.4, -0.2) is 73.0 Å². The average molecular weight is 388 g/mol. The number of hydrogen-bond acceptors (Lipinski definition) is 3. The first-order valence-electron chi connectivity index (χ1n) is 10.8. The van der Waals surface area contributed by atoms with Gasteiger partial charge in [0.15, 0.2) is 0 Å². The largest absolute Gasteiger partial charge is 0.342 e. The Hall–Kier alpha value is -1.46. The number of benzene rings is 1. The molecule has 3 aliphatic rings. The number of likely N-dealkylation sites (tertiary alicyclic amines) is 3. The lowest BCUT2D eigenvalue weighted by atomic mass is 9.69. The number of fused-ring (bicyclic) bond motifs is 1. The molecule has 4 rings (SSSR count). The molecular weight excluding hydrogens is 353 g/mol. The van der Waals surface area contributed by atoms with Gasteiger partial charge in [-0.15, -0.1) is 0 Å². The fraction of sp³-hybridized carbons (Fsp3) is 0.696. The summed E-state index contributed by atoms with van der Waals surface area (Å²) in [6, 6.07) is 7.79. The van der Waals surface area contributed by atoms with E-state index in [1.54, 1.807) is 19.1 Å². The van der Waals surface area contributed by atoms with E-state index in [9.17, 15) is 9.18 Å².